The number of ether oxygens (including phenoxy) is 2. The van der Waals surface area contributed by atoms with E-state index in [-0.39, 0.29) is 0 Å². The maximum absolute atomic E-state index is 7.17. The lowest BCUT2D eigenvalue weighted by Gasteiger charge is -2.18. The number of H-pyrrole nitrogens is 2. The fraction of sp³-hybridized carbons (Fsp3) is 0.200. The van der Waals surface area contributed by atoms with E-state index in [0.717, 1.165) is 57.6 Å². The Labute approximate surface area is 204 Å². The van der Waals surface area contributed by atoms with Crippen molar-refractivity contribution in [2.45, 2.75) is 20.0 Å². The summed E-state index contributed by atoms with van der Waals surface area (Å²) in [5.41, 5.74) is 5.92. The van der Waals surface area contributed by atoms with Crippen LogP contribution >= 0.6 is 0 Å². The largest absolute Gasteiger partial charge is 0.497 e. The Morgan fingerprint density at radius 2 is 1.94 bits per heavy atom. The van der Waals surface area contributed by atoms with Crippen LogP contribution in [-0.2, 0) is 13.1 Å². The van der Waals surface area contributed by atoms with E-state index in [0.29, 0.717) is 18.6 Å². The first-order chi connectivity index (χ1) is 17.0. The predicted molar refractivity (Wildman–Crippen MR) is 138 cm³/mol. The number of aryl methyl sites for hydroxylation is 1. The molecule has 4 aromatic rings. The number of hydrogen-bond donors (Lipinski definition) is 3. The van der Waals surface area contributed by atoms with Crippen LogP contribution in [0.5, 0.6) is 11.5 Å². The number of rotatable bonds is 9. The lowest BCUT2D eigenvalue weighted by molar-refractivity contribution is 0.379. The number of pyridine rings is 2. The molecule has 3 aromatic heterocycles. The van der Waals surface area contributed by atoms with Crippen LogP contribution in [0, 0.1) is 12.3 Å². The Kier molecular flexibility index (Phi) is 7.42. The molecule has 35 heavy (non-hydrogen) atoms. The molecule has 10 heteroatoms. The zero-order chi connectivity index (χ0) is 24.8. The van der Waals surface area contributed by atoms with Crippen LogP contribution in [0.25, 0.3) is 22.6 Å². The summed E-state index contributed by atoms with van der Waals surface area (Å²) < 4.78 is 10.9. The molecule has 0 atom stereocenters. The van der Waals surface area contributed by atoms with Gasteiger partial charge in [-0.3, -0.25) is 10.4 Å². The van der Waals surface area contributed by atoms with Gasteiger partial charge in [-0.15, -0.1) is 0 Å². The summed E-state index contributed by atoms with van der Waals surface area (Å²) in [6.45, 7) is 3.21. The second-order valence-electron chi connectivity index (χ2n) is 8.14. The molecule has 0 unspecified atom stereocenters. The third kappa shape index (κ3) is 5.67. The lowest BCUT2D eigenvalue weighted by Crippen LogP contribution is -2.20. The van der Waals surface area contributed by atoms with Crippen LogP contribution < -0.4 is 15.0 Å². The quantitative estimate of drug-likeness (QED) is 0.198. The van der Waals surface area contributed by atoms with Gasteiger partial charge in [-0.2, -0.15) is 0 Å². The number of aromatic amines is 2. The minimum Gasteiger partial charge on any atom is -0.497 e. The molecule has 3 heterocycles. The molecule has 4 rings (SSSR count). The van der Waals surface area contributed by atoms with Crippen LogP contribution in [-0.4, -0.2) is 53.3 Å². The zero-order valence-corrected chi connectivity index (χ0v) is 20.3. The summed E-state index contributed by atoms with van der Waals surface area (Å²) in [6.07, 6.45) is 2.86. The van der Waals surface area contributed by atoms with Crippen molar-refractivity contribution in [3.63, 3.8) is 0 Å². The molecule has 0 spiro atoms. The van der Waals surface area contributed by atoms with E-state index in [1.807, 2.05) is 69.6 Å². The highest BCUT2D eigenvalue weighted by molar-refractivity contribution is 6.04. The SMILES string of the molecule is BN(Cc1nc(-c2cccc(C)n2)c(-c2cc/c(=N/C=N)[nH]c2)[nH]1)Cc1cc(OC)ccc1OC. The highest BCUT2D eigenvalue weighted by Gasteiger charge is 2.17. The zero-order valence-electron chi connectivity index (χ0n) is 20.3. The van der Waals surface area contributed by atoms with Crippen molar-refractivity contribution in [1.29, 1.82) is 5.41 Å². The molecule has 178 valence electrons. The highest BCUT2D eigenvalue weighted by Crippen LogP contribution is 2.29. The van der Waals surface area contributed by atoms with Gasteiger partial charge in [0.25, 0.3) is 0 Å². The Balaban J connectivity index is 1.66. The van der Waals surface area contributed by atoms with Crippen molar-refractivity contribution in [3.8, 4) is 34.1 Å². The molecule has 3 N–H and O–H groups in total. The minimum atomic E-state index is 0.587. The fourth-order valence-electron chi connectivity index (χ4n) is 3.90. The average Bonchev–Trinajstić information content (AvgIpc) is 3.28. The minimum absolute atomic E-state index is 0.587. The Morgan fingerprint density at radius 3 is 2.63 bits per heavy atom. The topological polar surface area (TPSA) is 115 Å². The van der Waals surface area contributed by atoms with Gasteiger partial charge in [0.2, 0.25) is 0 Å². The van der Waals surface area contributed by atoms with E-state index in [4.69, 9.17) is 24.9 Å². The van der Waals surface area contributed by atoms with Crippen molar-refractivity contribution < 1.29 is 9.47 Å². The second kappa shape index (κ2) is 10.8. The van der Waals surface area contributed by atoms with Crippen molar-refractivity contribution in [2.75, 3.05) is 14.2 Å². The van der Waals surface area contributed by atoms with Crippen molar-refractivity contribution in [2.24, 2.45) is 4.99 Å². The summed E-state index contributed by atoms with van der Waals surface area (Å²) in [6, 6.07) is 15.5. The fourth-order valence-corrected chi connectivity index (χ4v) is 3.90. The molecule has 0 radical (unpaired) electrons. The molecular weight excluding hydrogens is 441 g/mol. The molecule has 0 aliphatic rings. The van der Waals surface area contributed by atoms with Gasteiger partial charge in [0.15, 0.2) is 7.98 Å². The summed E-state index contributed by atoms with van der Waals surface area (Å²) in [5, 5.41) is 7.17. The van der Waals surface area contributed by atoms with Crippen molar-refractivity contribution >= 4 is 14.3 Å². The van der Waals surface area contributed by atoms with E-state index >= 15 is 0 Å². The molecule has 9 nitrogen and oxygen atoms in total. The number of nitrogens with zero attached hydrogens (tertiary/aromatic N) is 4. The van der Waals surface area contributed by atoms with Crippen LogP contribution in [0.4, 0.5) is 0 Å². The van der Waals surface area contributed by atoms with E-state index in [1.54, 1.807) is 14.2 Å². The van der Waals surface area contributed by atoms with Gasteiger partial charge < -0.3 is 24.3 Å². The molecule has 0 saturated heterocycles. The third-order valence-electron chi connectivity index (χ3n) is 5.52. The van der Waals surface area contributed by atoms with E-state index in [1.165, 1.54) is 0 Å². The highest BCUT2D eigenvalue weighted by atomic mass is 16.5. The van der Waals surface area contributed by atoms with Gasteiger partial charge in [0.1, 0.15) is 34.8 Å². The maximum atomic E-state index is 7.17. The summed E-state index contributed by atoms with van der Waals surface area (Å²) in [5.74, 6) is 2.42. The molecule has 0 aliphatic heterocycles. The summed E-state index contributed by atoms with van der Waals surface area (Å²) >= 11 is 0. The summed E-state index contributed by atoms with van der Waals surface area (Å²) in [7, 11) is 5.36. The number of nitrogens with one attached hydrogen (secondary N) is 3. The van der Waals surface area contributed by atoms with E-state index < -0.39 is 0 Å². The molecule has 0 saturated carbocycles. The van der Waals surface area contributed by atoms with Crippen LogP contribution in [0.2, 0.25) is 0 Å². The van der Waals surface area contributed by atoms with E-state index in [9.17, 15) is 0 Å². The molecule has 0 bridgehead atoms. The number of benzene rings is 1. The number of aromatic nitrogens is 4. The number of imidazole rings is 1. The molecule has 0 fully saturated rings. The van der Waals surface area contributed by atoms with Crippen LogP contribution in [0.3, 0.4) is 0 Å². The van der Waals surface area contributed by atoms with Gasteiger partial charge in [-0.25, -0.2) is 9.98 Å². The lowest BCUT2D eigenvalue weighted by atomic mass is 10.1. The first-order valence-electron chi connectivity index (χ1n) is 11.1. The first-order valence-corrected chi connectivity index (χ1v) is 11.1. The molecule has 0 amide bonds. The number of methoxy groups -OCH3 is 2. The van der Waals surface area contributed by atoms with Gasteiger partial charge in [0, 0.05) is 36.1 Å². The van der Waals surface area contributed by atoms with Gasteiger partial charge >= 0.3 is 0 Å². The van der Waals surface area contributed by atoms with Crippen molar-refractivity contribution in [1.82, 2.24) is 24.7 Å². The number of hydrogen-bond acceptors (Lipinski definition) is 6. The molecule has 0 aliphatic carbocycles. The maximum Gasteiger partial charge on any atom is 0.186 e. The first kappa shape index (κ1) is 24.0. The normalized spacial score (nSPS) is 11.6. The van der Waals surface area contributed by atoms with Crippen LogP contribution in [0.1, 0.15) is 17.1 Å². The third-order valence-corrected chi connectivity index (χ3v) is 5.52. The Morgan fingerprint density at radius 1 is 1.09 bits per heavy atom. The van der Waals surface area contributed by atoms with E-state index in [2.05, 4.69) is 19.8 Å². The van der Waals surface area contributed by atoms with Crippen LogP contribution in [0.15, 0.2) is 59.7 Å². The smallest absolute Gasteiger partial charge is 0.186 e. The van der Waals surface area contributed by atoms with Gasteiger partial charge in [-0.05, 0) is 49.4 Å². The molecular formula is C25H28BN7O2. The second-order valence-corrected chi connectivity index (χ2v) is 8.14. The average molecular weight is 469 g/mol. The summed E-state index contributed by atoms with van der Waals surface area (Å²) in [4.78, 5) is 22.3. The van der Waals surface area contributed by atoms with Gasteiger partial charge in [-0.1, -0.05) is 6.07 Å². The predicted octanol–water partition coefficient (Wildman–Crippen LogP) is 2.85. The molecule has 1 aromatic carbocycles. The Bertz CT molecular complexity index is 1380. The van der Waals surface area contributed by atoms with Crippen molar-refractivity contribution in [3.05, 3.63) is 77.3 Å². The van der Waals surface area contributed by atoms with Gasteiger partial charge in [0.05, 0.1) is 25.6 Å². The standard InChI is InChI=1S/C25H28BN7O2/c1-16-5-4-6-20(30-16)25-24(17-7-10-22(28-12-17)29-15-27)31-23(32-25)14-33(26)13-18-11-19(34-2)8-9-21(18)35-3/h4-12,15H,13-14,26H2,1-3H3,(H,31,32)(H2,27,28,29). The Hall–Kier alpha value is -4.18. The monoisotopic (exact) mass is 469 g/mol.